The molecule has 34 heavy (non-hydrogen) atoms. The standard InChI is InChI=1S/C24H27N7O2S/c1-25-22(32)7-4-2-3-6-19(30-24(33)21-15-26-16-34-21)23-27-14-20(29-23)17-8-10-18(11-9-17)31-13-5-12-28-31/h5,8-16,19H,2-4,6-7H2,1H3,(H,25,32)(H,27,29)(H,30,33)/t19-/m0/s1. The molecular weight excluding hydrogens is 450 g/mol. The summed E-state index contributed by atoms with van der Waals surface area (Å²) < 4.78 is 1.80. The van der Waals surface area contributed by atoms with Gasteiger partial charge in [0.2, 0.25) is 5.91 Å². The molecule has 0 spiro atoms. The fourth-order valence-electron chi connectivity index (χ4n) is 3.65. The Balaban J connectivity index is 1.44. The number of rotatable bonds is 11. The Labute approximate surface area is 201 Å². The molecule has 4 rings (SSSR count). The SMILES string of the molecule is CNC(=O)CCCCC[C@H](NC(=O)c1cncs1)c1ncc(-c2ccc(-n3cccn3)cc2)[nH]1. The minimum atomic E-state index is -0.272. The summed E-state index contributed by atoms with van der Waals surface area (Å²) in [5.74, 6) is 0.582. The number of aromatic amines is 1. The highest BCUT2D eigenvalue weighted by Crippen LogP contribution is 2.24. The number of amides is 2. The fourth-order valence-corrected chi connectivity index (χ4v) is 4.17. The van der Waals surface area contributed by atoms with Crippen molar-refractivity contribution >= 4 is 23.2 Å². The lowest BCUT2D eigenvalue weighted by molar-refractivity contribution is -0.120. The number of hydrogen-bond acceptors (Lipinski definition) is 6. The number of H-pyrrole nitrogens is 1. The second-order valence-electron chi connectivity index (χ2n) is 7.84. The zero-order valence-electron chi connectivity index (χ0n) is 18.9. The normalized spacial score (nSPS) is 11.8. The van der Waals surface area contributed by atoms with Crippen LogP contribution in [0.25, 0.3) is 16.9 Å². The molecule has 0 unspecified atom stereocenters. The number of nitrogens with one attached hydrogen (secondary N) is 3. The van der Waals surface area contributed by atoms with Gasteiger partial charge < -0.3 is 15.6 Å². The van der Waals surface area contributed by atoms with Gasteiger partial charge in [-0.2, -0.15) is 5.10 Å². The molecule has 0 aliphatic carbocycles. The highest BCUT2D eigenvalue weighted by atomic mass is 32.1. The Morgan fingerprint density at radius 3 is 2.71 bits per heavy atom. The van der Waals surface area contributed by atoms with Crippen LogP contribution in [0.1, 0.15) is 53.6 Å². The monoisotopic (exact) mass is 477 g/mol. The van der Waals surface area contributed by atoms with Crippen molar-refractivity contribution in [1.29, 1.82) is 0 Å². The third-order valence-corrected chi connectivity index (χ3v) is 6.28. The summed E-state index contributed by atoms with van der Waals surface area (Å²) in [5, 5.41) is 9.98. The Morgan fingerprint density at radius 1 is 1.15 bits per heavy atom. The quantitative estimate of drug-likeness (QED) is 0.283. The van der Waals surface area contributed by atoms with Crippen LogP contribution in [0, 0.1) is 0 Å². The molecule has 1 atom stereocenters. The van der Waals surface area contributed by atoms with E-state index in [2.05, 4.69) is 30.7 Å². The maximum atomic E-state index is 12.7. The molecule has 0 bridgehead atoms. The smallest absolute Gasteiger partial charge is 0.263 e. The van der Waals surface area contributed by atoms with Gasteiger partial charge >= 0.3 is 0 Å². The van der Waals surface area contributed by atoms with Crippen LogP contribution in [-0.4, -0.2) is 43.6 Å². The number of carbonyl (C=O) groups is 2. The Kier molecular flexibility index (Phi) is 7.82. The Hall–Kier alpha value is -3.79. The van der Waals surface area contributed by atoms with Crippen LogP contribution in [0.4, 0.5) is 0 Å². The van der Waals surface area contributed by atoms with E-state index in [1.807, 2.05) is 36.5 Å². The molecule has 1 aromatic carbocycles. The number of aromatic nitrogens is 5. The molecule has 0 saturated heterocycles. The molecule has 2 amide bonds. The summed E-state index contributed by atoms with van der Waals surface area (Å²) in [6.07, 6.45) is 10.8. The second-order valence-corrected chi connectivity index (χ2v) is 8.73. The van der Waals surface area contributed by atoms with Gasteiger partial charge in [0.25, 0.3) is 5.91 Å². The summed E-state index contributed by atoms with van der Waals surface area (Å²) >= 11 is 1.30. The van der Waals surface area contributed by atoms with E-state index >= 15 is 0 Å². The van der Waals surface area contributed by atoms with Gasteiger partial charge in [-0.15, -0.1) is 11.3 Å². The third-order valence-electron chi connectivity index (χ3n) is 5.51. The van der Waals surface area contributed by atoms with Gasteiger partial charge in [-0.05, 0) is 36.6 Å². The van der Waals surface area contributed by atoms with Crippen molar-refractivity contribution < 1.29 is 9.59 Å². The summed E-state index contributed by atoms with van der Waals surface area (Å²) in [6, 6.07) is 9.63. The van der Waals surface area contributed by atoms with Gasteiger partial charge in [0.1, 0.15) is 10.7 Å². The minimum absolute atomic E-state index is 0.0456. The highest BCUT2D eigenvalue weighted by molar-refractivity contribution is 7.11. The molecule has 0 saturated carbocycles. The molecule has 0 aliphatic heterocycles. The van der Waals surface area contributed by atoms with Crippen LogP contribution in [0.5, 0.6) is 0 Å². The van der Waals surface area contributed by atoms with E-state index in [4.69, 9.17) is 0 Å². The zero-order valence-corrected chi connectivity index (χ0v) is 19.7. The van der Waals surface area contributed by atoms with Crippen LogP contribution < -0.4 is 10.6 Å². The molecule has 3 aromatic heterocycles. The average Bonchev–Trinajstić information content (AvgIpc) is 3.65. The van der Waals surface area contributed by atoms with Crippen molar-refractivity contribution in [2.45, 2.75) is 38.1 Å². The van der Waals surface area contributed by atoms with Crippen LogP contribution in [-0.2, 0) is 4.79 Å². The summed E-state index contributed by atoms with van der Waals surface area (Å²) in [6.45, 7) is 0. The van der Waals surface area contributed by atoms with E-state index in [0.29, 0.717) is 23.5 Å². The first-order valence-electron chi connectivity index (χ1n) is 11.2. The predicted molar refractivity (Wildman–Crippen MR) is 131 cm³/mol. The van der Waals surface area contributed by atoms with Gasteiger partial charge in [-0.25, -0.2) is 9.67 Å². The lowest BCUT2D eigenvalue weighted by Crippen LogP contribution is -2.28. The Bertz CT molecular complexity index is 1180. The number of nitrogens with zero attached hydrogens (tertiary/aromatic N) is 4. The third kappa shape index (κ3) is 5.96. The highest BCUT2D eigenvalue weighted by Gasteiger charge is 2.20. The molecule has 3 heterocycles. The van der Waals surface area contributed by atoms with Crippen LogP contribution in [0.3, 0.4) is 0 Å². The van der Waals surface area contributed by atoms with Gasteiger partial charge in [-0.3, -0.25) is 14.6 Å². The van der Waals surface area contributed by atoms with Crippen LogP contribution in [0.2, 0.25) is 0 Å². The predicted octanol–water partition coefficient (Wildman–Crippen LogP) is 3.89. The lowest BCUT2D eigenvalue weighted by Gasteiger charge is -2.16. The minimum Gasteiger partial charge on any atom is -0.359 e. The number of unbranched alkanes of at least 4 members (excludes halogenated alkanes) is 2. The van der Waals surface area contributed by atoms with E-state index in [1.54, 1.807) is 35.8 Å². The topological polar surface area (TPSA) is 118 Å². The number of benzene rings is 1. The second kappa shape index (κ2) is 11.4. The average molecular weight is 478 g/mol. The molecule has 10 heteroatoms. The number of carbonyl (C=O) groups excluding carboxylic acids is 2. The zero-order chi connectivity index (χ0) is 23.8. The van der Waals surface area contributed by atoms with Gasteiger partial charge in [-0.1, -0.05) is 25.0 Å². The van der Waals surface area contributed by atoms with Crippen LogP contribution >= 0.6 is 11.3 Å². The van der Waals surface area contributed by atoms with Crippen molar-refractivity contribution in [2.24, 2.45) is 0 Å². The maximum absolute atomic E-state index is 12.7. The molecule has 3 N–H and O–H groups in total. The maximum Gasteiger partial charge on any atom is 0.263 e. The van der Waals surface area contributed by atoms with Crippen molar-refractivity contribution in [1.82, 2.24) is 35.4 Å². The molecule has 4 aromatic rings. The molecule has 0 radical (unpaired) electrons. The van der Waals surface area contributed by atoms with Gasteiger partial charge in [0.05, 0.1) is 35.3 Å². The Morgan fingerprint density at radius 2 is 2.00 bits per heavy atom. The summed E-state index contributed by atoms with van der Waals surface area (Å²) in [5.41, 5.74) is 4.48. The fraction of sp³-hybridized carbons (Fsp3) is 0.292. The van der Waals surface area contributed by atoms with E-state index in [0.717, 1.165) is 36.2 Å². The number of imidazole rings is 1. The van der Waals surface area contributed by atoms with E-state index in [-0.39, 0.29) is 17.9 Å². The van der Waals surface area contributed by atoms with Gasteiger partial charge in [0.15, 0.2) is 0 Å². The molecule has 0 fully saturated rings. The summed E-state index contributed by atoms with van der Waals surface area (Å²) in [7, 11) is 1.65. The number of hydrogen-bond donors (Lipinski definition) is 3. The van der Waals surface area contributed by atoms with E-state index in [9.17, 15) is 9.59 Å². The molecule has 0 aliphatic rings. The summed E-state index contributed by atoms with van der Waals surface area (Å²) in [4.78, 5) is 36.6. The van der Waals surface area contributed by atoms with Crippen molar-refractivity contribution in [3.05, 3.63) is 71.3 Å². The first kappa shape index (κ1) is 23.4. The van der Waals surface area contributed by atoms with Gasteiger partial charge in [0, 0.05) is 25.9 Å². The lowest BCUT2D eigenvalue weighted by atomic mass is 10.1. The van der Waals surface area contributed by atoms with Crippen molar-refractivity contribution in [3.63, 3.8) is 0 Å². The first-order chi connectivity index (χ1) is 16.6. The van der Waals surface area contributed by atoms with E-state index < -0.39 is 0 Å². The number of thiazole rings is 1. The first-order valence-corrected chi connectivity index (χ1v) is 12.1. The molecular formula is C24H27N7O2S. The molecule has 9 nitrogen and oxygen atoms in total. The van der Waals surface area contributed by atoms with E-state index in [1.165, 1.54) is 11.3 Å². The molecule has 176 valence electrons. The largest absolute Gasteiger partial charge is 0.359 e. The van der Waals surface area contributed by atoms with Crippen molar-refractivity contribution in [2.75, 3.05) is 7.05 Å². The van der Waals surface area contributed by atoms with Crippen LogP contribution in [0.15, 0.2) is 60.6 Å². The van der Waals surface area contributed by atoms with Crippen molar-refractivity contribution in [3.8, 4) is 16.9 Å².